The summed E-state index contributed by atoms with van der Waals surface area (Å²) in [4.78, 5) is 9.12. The highest BCUT2D eigenvalue weighted by atomic mass is 32.2. The molecule has 0 saturated carbocycles. The fraction of sp³-hybridized carbons (Fsp3) is 0.333. The van der Waals surface area contributed by atoms with Crippen LogP contribution in [0.5, 0.6) is 5.88 Å². The lowest BCUT2D eigenvalue weighted by atomic mass is 10.1. The molecular weight excluding hydrogens is 374 g/mol. The minimum Gasteiger partial charge on any atom is -0.475 e. The summed E-state index contributed by atoms with van der Waals surface area (Å²) in [5.74, 6) is 0.668. The molecule has 0 bridgehead atoms. The number of hydrogen-bond acceptors (Lipinski definition) is 5. The number of sulfonamides is 1. The first-order valence-corrected chi connectivity index (χ1v) is 10.9. The largest absolute Gasteiger partial charge is 0.475 e. The zero-order valence-electron chi connectivity index (χ0n) is 16.3. The standard InChI is InChI=1S/C21H25N3O3S/c1-4-16(5-2)14-27-21-20(22-18-8-6-7-9-19(18)23-21)24-28(25,26)17-12-10-15(3)11-13-17/h6-13,16H,4-5,14H2,1-3H3,(H,22,24). The van der Waals surface area contributed by atoms with Gasteiger partial charge in [-0.05, 0) is 37.1 Å². The van der Waals surface area contributed by atoms with Crippen LogP contribution in [0.15, 0.2) is 53.4 Å². The van der Waals surface area contributed by atoms with Gasteiger partial charge in [-0.2, -0.15) is 0 Å². The summed E-state index contributed by atoms with van der Waals surface area (Å²) in [6, 6.07) is 13.9. The van der Waals surface area contributed by atoms with Gasteiger partial charge in [0.2, 0.25) is 5.82 Å². The number of benzene rings is 2. The fourth-order valence-corrected chi connectivity index (χ4v) is 3.78. The van der Waals surface area contributed by atoms with E-state index in [0.717, 1.165) is 18.4 Å². The van der Waals surface area contributed by atoms with Crippen molar-refractivity contribution in [2.24, 2.45) is 5.92 Å². The van der Waals surface area contributed by atoms with Crippen molar-refractivity contribution in [1.82, 2.24) is 9.97 Å². The Balaban J connectivity index is 1.97. The van der Waals surface area contributed by atoms with Crippen molar-refractivity contribution in [3.63, 3.8) is 0 Å². The molecule has 1 aromatic heterocycles. The smallest absolute Gasteiger partial charge is 0.263 e. The number of rotatable bonds is 8. The van der Waals surface area contributed by atoms with Crippen molar-refractivity contribution in [3.8, 4) is 5.88 Å². The lowest BCUT2D eigenvalue weighted by Gasteiger charge is -2.16. The van der Waals surface area contributed by atoms with Gasteiger partial charge in [0.15, 0.2) is 0 Å². The number of hydrogen-bond donors (Lipinski definition) is 1. The molecule has 0 radical (unpaired) electrons. The molecule has 0 amide bonds. The molecular formula is C21H25N3O3S. The predicted molar refractivity (Wildman–Crippen MR) is 111 cm³/mol. The maximum Gasteiger partial charge on any atom is 0.263 e. The third kappa shape index (κ3) is 4.59. The maximum atomic E-state index is 12.8. The van der Waals surface area contributed by atoms with E-state index in [9.17, 15) is 8.42 Å². The maximum absolute atomic E-state index is 12.8. The van der Waals surface area contributed by atoms with Gasteiger partial charge in [-0.25, -0.2) is 18.4 Å². The molecule has 0 aliphatic carbocycles. The Kier molecular flexibility index (Phi) is 6.14. The van der Waals surface area contributed by atoms with Crippen LogP contribution in [-0.2, 0) is 10.0 Å². The van der Waals surface area contributed by atoms with Gasteiger partial charge in [0.05, 0.1) is 22.5 Å². The van der Waals surface area contributed by atoms with E-state index in [-0.39, 0.29) is 16.6 Å². The van der Waals surface area contributed by atoms with E-state index < -0.39 is 10.0 Å². The summed E-state index contributed by atoms with van der Waals surface area (Å²) in [5.41, 5.74) is 2.23. The normalized spacial score (nSPS) is 11.7. The topological polar surface area (TPSA) is 81.2 Å². The molecule has 148 valence electrons. The van der Waals surface area contributed by atoms with Crippen molar-refractivity contribution in [2.75, 3.05) is 11.3 Å². The van der Waals surface area contributed by atoms with Gasteiger partial charge >= 0.3 is 0 Å². The van der Waals surface area contributed by atoms with Crippen molar-refractivity contribution in [1.29, 1.82) is 0 Å². The van der Waals surface area contributed by atoms with E-state index in [1.807, 2.05) is 25.1 Å². The third-order valence-corrected chi connectivity index (χ3v) is 6.07. The van der Waals surface area contributed by atoms with Gasteiger partial charge in [0.25, 0.3) is 15.9 Å². The van der Waals surface area contributed by atoms with Crippen LogP contribution in [0, 0.1) is 12.8 Å². The number of nitrogens with zero attached hydrogens (tertiary/aromatic N) is 2. The zero-order chi connectivity index (χ0) is 20.1. The monoisotopic (exact) mass is 399 g/mol. The highest BCUT2D eigenvalue weighted by Crippen LogP contribution is 2.27. The van der Waals surface area contributed by atoms with Crippen LogP contribution < -0.4 is 9.46 Å². The van der Waals surface area contributed by atoms with Crippen molar-refractivity contribution < 1.29 is 13.2 Å². The van der Waals surface area contributed by atoms with Crippen LogP contribution in [0.2, 0.25) is 0 Å². The highest BCUT2D eigenvalue weighted by Gasteiger charge is 2.20. The van der Waals surface area contributed by atoms with E-state index in [1.54, 1.807) is 30.3 Å². The SMILES string of the molecule is CCC(CC)COc1nc2ccccc2nc1NS(=O)(=O)c1ccc(C)cc1. The first kappa shape index (κ1) is 20.1. The molecule has 0 unspecified atom stereocenters. The van der Waals surface area contributed by atoms with Crippen LogP contribution in [0.25, 0.3) is 11.0 Å². The summed E-state index contributed by atoms with van der Waals surface area (Å²) >= 11 is 0. The quantitative estimate of drug-likeness (QED) is 0.601. The van der Waals surface area contributed by atoms with Gasteiger partial charge in [-0.3, -0.25) is 4.72 Å². The van der Waals surface area contributed by atoms with E-state index in [2.05, 4.69) is 28.5 Å². The van der Waals surface area contributed by atoms with Crippen LogP contribution in [0.4, 0.5) is 5.82 Å². The molecule has 3 rings (SSSR count). The molecule has 0 spiro atoms. The van der Waals surface area contributed by atoms with Crippen LogP contribution >= 0.6 is 0 Å². The second kappa shape index (κ2) is 8.56. The van der Waals surface area contributed by atoms with Crippen molar-refractivity contribution in [3.05, 3.63) is 54.1 Å². The number of fused-ring (bicyclic) bond motifs is 1. The molecule has 1 N–H and O–H groups in total. The van der Waals surface area contributed by atoms with Gasteiger partial charge < -0.3 is 4.74 Å². The van der Waals surface area contributed by atoms with E-state index in [0.29, 0.717) is 23.6 Å². The minimum atomic E-state index is -3.80. The van der Waals surface area contributed by atoms with E-state index in [4.69, 9.17) is 4.74 Å². The number of aromatic nitrogens is 2. The summed E-state index contributed by atoms with van der Waals surface area (Å²) in [5, 5.41) is 0. The number of nitrogens with one attached hydrogen (secondary N) is 1. The fourth-order valence-electron chi connectivity index (χ4n) is 2.78. The molecule has 28 heavy (non-hydrogen) atoms. The van der Waals surface area contributed by atoms with Gasteiger partial charge in [-0.1, -0.05) is 56.5 Å². The first-order valence-electron chi connectivity index (χ1n) is 9.42. The Labute approximate surface area is 166 Å². The van der Waals surface area contributed by atoms with Gasteiger partial charge in [-0.15, -0.1) is 0 Å². The first-order chi connectivity index (χ1) is 13.4. The number of para-hydroxylation sites is 2. The Morgan fingerprint density at radius 2 is 1.57 bits per heavy atom. The van der Waals surface area contributed by atoms with Crippen molar-refractivity contribution >= 4 is 26.9 Å². The van der Waals surface area contributed by atoms with E-state index in [1.165, 1.54) is 0 Å². The summed E-state index contributed by atoms with van der Waals surface area (Å²) in [6.07, 6.45) is 1.95. The van der Waals surface area contributed by atoms with Gasteiger partial charge in [0.1, 0.15) is 0 Å². The molecule has 0 fully saturated rings. The summed E-state index contributed by atoms with van der Waals surface area (Å²) in [7, 11) is -3.80. The molecule has 0 atom stereocenters. The number of anilines is 1. The zero-order valence-corrected chi connectivity index (χ0v) is 17.2. The average Bonchev–Trinajstić information content (AvgIpc) is 2.69. The van der Waals surface area contributed by atoms with Crippen LogP contribution in [0.1, 0.15) is 32.3 Å². The minimum absolute atomic E-state index is 0.102. The molecule has 7 heteroatoms. The molecule has 0 aliphatic rings. The summed E-state index contributed by atoms with van der Waals surface area (Å²) in [6.45, 7) is 6.57. The molecule has 0 saturated heterocycles. The molecule has 2 aromatic carbocycles. The predicted octanol–water partition coefficient (Wildman–Crippen LogP) is 4.55. The average molecular weight is 400 g/mol. The van der Waals surface area contributed by atoms with E-state index >= 15 is 0 Å². The third-order valence-electron chi connectivity index (χ3n) is 4.71. The molecule has 0 aliphatic heterocycles. The highest BCUT2D eigenvalue weighted by molar-refractivity contribution is 7.92. The Bertz CT molecular complexity index is 1050. The Hall–Kier alpha value is -2.67. The molecule has 3 aromatic rings. The Morgan fingerprint density at radius 3 is 2.18 bits per heavy atom. The number of ether oxygens (including phenoxy) is 1. The second-order valence-corrected chi connectivity index (χ2v) is 8.46. The van der Waals surface area contributed by atoms with Gasteiger partial charge in [0, 0.05) is 0 Å². The lowest BCUT2D eigenvalue weighted by Crippen LogP contribution is -2.17. The van der Waals surface area contributed by atoms with Crippen LogP contribution in [0.3, 0.4) is 0 Å². The Morgan fingerprint density at radius 1 is 0.964 bits per heavy atom. The summed E-state index contributed by atoms with van der Waals surface area (Å²) < 4.78 is 34.1. The molecule has 1 heterocycles. The molecule has 6 nitrogen and oxygen atoms in total. The second-order valence-electron chi connectivity index (χ2n) is 6.78. The number of aryl methyl sites for hydroxylation is 1. The lowest BCUT2D eigenvalue weighted by molar-refractivity contribution is 0.234. The van der Waals surface area contributed by atoms with Crippen LogP contribution in [-0.4, -0.2) is 25.0 Å². The van der Waals surface area contributed by atoms with Crippen molar-refractivity contribution in [2.45, 2.75) is 38.5 Å².